The number of ether oxygens (including phenoxy) is 1. The Bertz CT molecular complexity index is 1120. The number of nitrogens with zero attached hydrogens (tertiary/aromatic N) is 4. The quantitative estimate of drug-likeness (QED) is 0.266. The second-order valence-electron chi connectivity index (χ2n) is 10.4. The van der Waals surface area contributed by atoms with Crippen molar-refractivity contribution in [2.75, 3.05) is 45.3 Å². The van der Waals surface area contributed by atoms with E-state index in [2.05, 4.69) is 27.9 Å². The number of carbonyl (C=O) groups excluding carboxylic acids is 1. The van der Waals surface area contributed by atoms with Gasteiger partial charge in [-0.25, -0.2) is 18.9 Å². The predicted octanol–water partition coefficient (Wildman–Crippen LogP) is 3.05. The van der Waals surface area contributed by atoms with Crippen LogP contribution in [0.25, 0.3) is 0 Å². The summed E-state index contributed by atoms with van der Waals surface area (Å²) in [5.41, 5.74) is 1.35. The number of pyridine rings is 1. The molecule has 2 aromatic rings. The second kappa shape index (κ2) is 13.5. The van der Waals surface area contributed by atoms with Gasteiger partial charge in [0.05, 0.1) is 12.3 Å². The molecule has 4 rings (SSSR count). The molecule has 39 heavy (non-hydrogen) atoms. The van der Waals surface area contributed by atoms with Crippen molar-refractivity contribution in [2.45, 2.75) is 69.1 Å². The third-order valence-electron chi connectivity index (χ3n) is 7.56. The first-order valence-corrected chi connectivity index (χ1v) is 14.0. The van der Waals surface area contributed by atoms with E-state index in [1.165, 1.54) is 23.6 Å². The Balaban J connectivity index is 1.30. The topological polar surface area (TPSA) is 122 Å². The summed E-state index contributed by atoms with van der Waals surface area (Å²) in [5, 5.41) is 20.3. The number of halogens is 2. The smallest absolute Gasteiger partial charge is 0.326 e. The summed E-state index contributed by atoms with van der Waals surface area (Å²) >= 11 is 6.16. The maximum absolute atomic E-state index is 13.4. The lowest BCUT2D eigenvalue weighted by atomic mass is 10.1. The Kier molecular flexibility index (Phi) is 10.1. The van der Waals surface area contributed by atoms with E-state index in [0.717, 1.165) is 50.2 Å². The molecule has 12 heteroatoms. The number of aryl methyl sites for hydroxylation is 2. The number of unbranched alkanes of at least 4 members (excludes halogenated alkanes) is 1. The number of alkyl halides is 1. The number of hydrogen-bond acceptors (Lipinski definition) is 7. The molecule has 0 spiro atoms. The number of methoxy groups -OCH3 is 1. The number of fused-ring (bicyclic) bond motifs is 1. The van der Waals surface area contributed by atoms with E-state index in [1.54, 1.807) is 6.07 Å². The van der Waals surface area contributed by atoms with E-state index < -0.39 is 36.2 Å². The monoisotopic (exact) mass is 564 g/mol. The van der Waals surface area contributed by atoms with Gasteiger partial charge in [0, 0.05) is 32.4 Å². The summed E-state index contributed by atoms with van der Waals surface area (Å²) in [6.45, 7) is 1.67. The first-order valence-electron chi connectivity index (χ1n) is 13.6. The molecular weight excluding hydrogens is 527 g/mol. The molecule has 214 valence electrons. The molecule has 1 aliphatic heterocycles. The summed E-state index contributed by atoms with van der Waals surface area (Å²) in [4.78, 5) is 31.8. The zero-order valence-corrected chi connectivity index (χ0v) is 23.1. The van der Waals surface area contributed by atoms with Gasteiger partial charge < -0.3 is 25.4 Å². The van der Waals surface area contributed by atoms with Crippen LogP contribution in [0.1, 0.15) is 49.8 Å². The van der Waals surface area contributed by atoms with Crippen molar-refractivity contribution >= 4 is 29.3 Å². The van der Waals surface area contributed by atoms with Gasteiger partial charge in [-0.05, 0) is 75.6 Å². The van der Waals surface area contributed by atoms with Gasteiger partial charge >= 0.3 is 5.97 Å². The maximum atomic E-state index is 13.4. The number of rotatable bonds is 16. The van der Waals surface area contributed by atoms with Crippen LogP contribution in [0.5, 0.6) is 0 Å². The molecule has 2 aromatic heterocycles. The van der Waals surface area contributed by atoms with Gasteiger partial charge in [0.25, 0.3) is 0 Å². The van der Waals surface area contributed by atoms with E-state index in [0.29, 0.717) is 37.6 Å². The first-order chi connectivity index (χ1) is 18.9. The van der Waals surface area contributed by atoms with Crippen molar-refractivity contribution < 1.29 is 23.8 Å². The van der Waals surface area contributed by atoms with E-state index in [4.69, 9.17) is 21.3 Å². The Morgan fingerprint density at radius 1 is 1.31 bits per heavy atom. The number of nitrogens with one attached hydrogen (secondary N) is 2. The van der Waals surface area contributed by atoms with Gasteiger partial charge in [-0.15, -0.1) is 0 Å². The summed E-state index contributed by atoms with van der Waals surface area (Å²) in [6.07, 6.45) is 6.88. The van der Waals surface area contributed by atoms with Crippen molar-refractivity contribution in [1.29, 1.82) is 0 Å². The predicted molar refractivity (Wildman–Crippen MR) is 146 cm³/mol. The Labute approximate surface area is 233 Å². The largest absolute Gasteiger partial charge is 0.480 e. The van der Waals surface area contributed by atoms with Crippen LogP contribution in [0.4, 0.5) is 10.2 Å². The van der Waals surface area contributed by atoms with Gasteiger partial charge in [-0.2, -0.15) is 5.10 Å². The molecule has 1 saturated carbocycles. The molecule has 1 fully saturated rings. The Hall–Kier alpha value is -2.76. The van der Waals surface area contributed by atoms with Crippen LogP contribution in [0.2, 0.25) is 5.15 Å². The van der Waals surface area contributed by atoms with Gasteiger partial charge in [0.1, 0.15) is 29.2 Å². The van der Waals surface area contributed by atoms with Gasteiger partial charge in [0.15, 0.2) is 0 Å². The number of anilines is 1. The van der Waals surface area contributed by atoms with Crippen molar-refractivity contribution in [3.05, 3.63) is 40.8 Å². The van der Waals surface area contributed by atoms with Crippen molar-refractivity contribution in [3.8, 4) is 0 Å². The minimum atomic E-state index is -1.12. The van der Waals surface area contributed by atoms with Crippen LogP contribution in [-0.4, -0.2) is 88.8 Å². The summed E-state index contributed by atoms with van der Waals surface area (Å²) in [7, 11) is 1.47. The zero-order chi connectivity index (χ0) is 27.8. The minimum absolute atomic E-state index is 0.171. The third-order valence-corrected chi connectivity index (χ3v) is 7.85. The standard InChI is InChI=1S/C27H38ClFN6O4/c1-39-21(17-29)18-34(15-3-2-6-20-8-7-19-5-4-13-30-24(19)32-20)16-10-22(25(36)37)33-26(38)27(11-12-27)35-23(28)9-14-31-35/h7-9,14,21-22H,2-6,10-13,15-18H2,1H3,(H,30,32)(H,33,38)(H,36,37)/t21-,22+/m1/s1. The molecule has 0 saturated heterocycles. The van der Waals surface area contributed by atoms with Gasteiger partial charge in [-0.1, -0.05) is 17.7 Å². The van der Waals surface area contributed by atoms with Crippen LogP contribution in [0, 0.1) is 0 Å². The molecular formula is C27H38ClFN6O4. The van der Waals surface area contributed by atoms with E-state index in [9.17, 15) is 19.1 Å². The van der Waals surface area contributed by atoms with E-state index in [-0.39, 0.29) is 6.42 Å². The second-order valence-corrected chi connectivity index (χ2v) is 10.7. The average Bonchev–Trinajstić information content (AvgIpc) is 3.64. The summed E-state index contributed by atoms with van der Waals surface area (Å²) in [5.74, 6) is -0.542. The highest BCUT2D eigenvalue weighted by Crippen LogP contribution is 2.45. The first kappa shape index (κ1) is 29.2. The highest BCUT2D eigenvalue weighted by molar-refractivity contribution is 6.29. The van der Waals surface area contributed by atoms with E-state index >= 15 is 0 Å². The Morgan fingerprint density at radius 2 is 2.13 bits per heavy atom. The van der Waals surface area contributed by atoms with Crippen LogP contribution in [-0.2, 0) is 32.7 Å². The van der Waals surface area contributed by atoms with E-state index in [1.807, 2.05) is 4.90 Å². The third kappa shape index (κ3) is 7.46. The number of aliphatic carboxylic acids is 1. The lowest BCUT2D eigenvalue weighted by Gasteiger charge is -2.27. The van der Waals surface area contributed by atoms with Crippen molar-refractivity contribution in [2.24, 2.45) is 0 Å². The fraction of sp³-hybridized carbons (Fsp3) is 0.630. The van der Waals surface area contributed by atoms with Crippen LogP contribution < -0.4 is 10.6 Å². The number of carboxylic acid groups (broad SMARTS) is 1. The molecule has 10 nitrogen and oxygen atoms in total. The molecule has 0 aromatic carbocycles. The maximum Gasteiger partial charge on any atom is 0.326 e. The highest BCUT2D eigenvalue weighted by atomic mass is 35.5. The molecule has 2 atom stereocenters. The van der Waals surface area contributed by atoms with Crippen molar-refractivity contribution in [1.82, 2.24) is 25.0 Å². The van der Waals surface area contributed by atoms with Crippen LogP contribution >= 0.6 is 11.6 Å². The average molecular weight is 565 g/mol. The van der Waals surface area contributed by atoms with Crippen LogP contribution in [0.15, 0.2) is 24.4 Å². The number of hydrogen-bond donors (Lipinski definition) is 3. The molecule has 0 bridgehead atoms. The summed E-state index contributed by atoms with van der Waals surface area (Å²) in [6, 6.07) is 4.73. The lowest BCUT2D eigenvalue weighted by Crippen LogP contribution is -2.49. The normalized spacial score (nSPS) is 17.2. The molecule has 3 heterocycles. The van der Waals surface area contributed by atoms with Gasteiger partial charge in [0.2, 0.25) is 5.91 Å². The Morgan fingerprint density at radius 3 is 2.79 bits per heavy atom. The molecule has 3 N–H and O–H groups in total. The van der Waals surface area contributed by atoms with Crippen molar-refractivity contribution in [3.63, 3.8) is 0 Å². The fourth-order valence-corrected chi connectivity index (χ4v) is 5.30. The van der Waals surface area contributed by atoms with Gasteiger partial charge in [-0.3, -0.25) is 4.79 Å². The molecule has 0 unspecified atom stereocenters. The highest BCUT2D eigenvalue weighted by Gasteiger charge is 2.54. The number of amides is 1. The van der Waals surface area contributed by atoms with Crippen LogP contribution in [0.3, 0.4) is 0 Å². The zero-order valence-electron chi connectivity index (χ0n) is 22.4. The lowest BCUT2D eigenvalue weighted by molar-refractivity contribution is -0.143. The molecule has 2 aliphatic rings. The SMILES string of the molecule is CO[C@H](CF)CN(CCCCc1ccc2c(n1)NCCC2)CC[C@H](NC(=O)C1(n2nccc2Cl)CC1)C(=O)O. The fourth-order valence-electron chi connectivity index (χ4n) is 5.04. The molecule has 0 radical (unpaired) electrons. The number of carbonyl (C=O) groups is 2. The molecule has 1 amide bonds. The number of aromatic nitrogens is 3. The number of carboxylic acids is 1. The summed E-state index contributed by atoms with van der Waals surface area (Å²) < 4.78 is 20.1. The molecule has 1 aliphatic carbocycles. The minimum Gasteiger partial charge on any atom is -0.480 e.